The van der Waals surface area contributed by atoms with E-state index in [4.69, 9.17) is 21.1 Å². The van der Waals surface area contributed by atoms with E-state index in [0.717, 1.165) is 0 Å². The predicted octanol–water partition coefficient (Wildman–Crippen LogP) is -1.81. The largest absolute Gasteiger partial charge is 0.394 e. The normalized spacial score (nSPS) is 13.9. The van der Waals surface area contributed by atoms with Crippen LogP contribution in [-0.2, 0) is 4.79 Å². The fraction of sp³-hybridized carbons (Fsp3) is 0.900. The van der Waals surface area contributed by atoms with Crippen molar-refractivity contribution in [1.29, 1.82) is 0 Å². The van der Waals surface area contributed by atoms with E-state index in [0.29, 0.717) is 6.42 Å². The van der Waals surface area contributed by atoms with E-state index in [1.165, 1.54) is 0 Å². The minimum absolute atomic E-state index is 0.271. The highest BCUT2D eigenvalue weighted by Gasteiger charge is 2.31. The minimum Gasteiger partial charge on any atom is -0.394 e. The van der Waals surface area contributed by atoms with Crippen LogP contribution in [0.2, 0.25) is 0 Å². The summed E-state index contributed by atoms with van der Waals surface area (Å²) in [7, 11) is 0. The van der Waals surface area contributed by atoms with Gasteiger partial charge in [-0.3, -0.25) is 4.79 Å². The number of rotatable bonds is 7. The van der Waals surface area contributed by atoms with Gasteiger partial charge in [0.05, 0.1) is 25.9 Å². The van der Waals surface area contributed by atoms with Crippen molar-refractivity contribution in [3.8, 4) is 0 Å². The molecule has 16 heavy (non-hydrogen) atoms. The number of aliphatic hydroxyl groups is 3. The second kappa shape index (κ2) is 6.80. The number of amides is 1. The Morgan fingerprint density at radius 2 is 1.69 bits per heavy atom. The molecule has 1 unspecified atom stereocenters. The van der Waals surface area contributed by atoms with Gasteiger partial charge in [-0.25, -0.2) is 0 Å². The molecular formula is C10H22N2O4. The van der Waals surface area contributed by atoms with E-state index in [1.54, 1.807) is 0 Å². The van der Waals surface area contributed by atoms with Crippen LogP contribution in [0, 0.1) is 5.92 Å². The van der Waals surface area contributed by atoms with Crippen LogP contribution in [0.5, 0.6) is 0 Å². The molecule has 0 aliphatic rings. The van der Waals surface area contributed by atoms with Crippen molar-refractivity contribution in [3.63, 3.8) is 0 Å². The molecule has 0 heterocycles. The first-order valence-corrected chi connectivity index (χ1v) is 5.31. The van der Waals surface area contributed by atoms with Crippen molar-refractivity contribution in [3.05, 3.63) is 0 Å². The topological polar surface area (TPSA) is 116 Å². The number of carbonyl (C=O) groups excluding carboxylic acids is 1. The molecule has 0 aliphatic carbocycles. The molecule has 0 aromatic carbocycles. The lowest BCUT2D eigenvalue weighted by atomic mass is 10.00. The first-order chi connectivity index (χ1) is 7.40. The fourth-order valence-corrected chi connectivity index (χ4v) is 1.24. The highest BCUT2D eigenvalue weighted by Crippen LogP contribution is 2.06. The Hall–Kier alpha value is -0.690. The summed E-state index contributed by atoms with van der Waals surface area (Å²) < 4.78 is 0. The van der Waals surface area contributed by atoms with Crippen LogP contribution in [0.4, 0.5) is 0 Å². The van der Waals surface area contributed by atoms with Gasteiger partial charge in [-0.15, -0.1) is 0 Å². The molecule has 1 atom stereocenters. The van der Waals surface area contributed by atoms with Gasteiger partial charge < -0.3 is 26.4 Å². The van der Waals surface area contributed by atoms with Crippen molar-refractivity contribution in [2.75, 3.05) is 19.8 Å². The molecule has 0 rings (SSSR count). The molecule has 6 nitrogen and oxygen atoms in total. The van der Waals surface area contributed by atoms with Gasteiger partial charge in [0.15, 0.2) is 0 Å². The molecule has 6 N–H and O–H groups in total. The van der Waals surface area contributed by atoms with Gasteiger partial charge in [-0.05, 0) is 12.3 Å². The maximum Gasteiger partial charge on any atom is 0.237 e. The molecule has 0 saturated heterocycles. The number of hydrogen-bond donors (Lipinski definition) is 5. The molecular weight excluding hydrogens is 212 g/mol. The lowest BCUT2D eigenvalue weighted by Gasteiger charge is -2.30. The highest BCUT2D eigenvalue weighted by molar-refractivity contribution is 5.82. The number of nitrogens with two attached hydrogens (primary N) is 1. The smallest absolute Gasteiger partial charge is 0.237 e. The summed E-state index contributed by atoms with van der Waals surface area (Å²) in [4.78, 5) is 11.6. The first kappa shape index (κ1) is 15.3. The Labute approximate surface area is 95.5 Å². The molecule has 0 aliphatic heterocycles. The molecule has 1 amide bonds. The standard InChI is InChI=1S/C10H22N2O4/c1-7(2)3-8(11)9(16)12-10(4-13,5-14)6-15/h7-8,13-15H,3-6,11H2,1-2H3,(H,12,16). The second-order valence-electron chi connectivity index (χ2n) is 4.48. The quantitative estimate of drug-likeness (QED) is 0.356. The van der Waals surface area contributed by atoms with E-state index in [1.807, 2.05) is 13.8 Å². The van der Waals surface area contributed by atoms with Crippen molar-refractivity contribution >= 4 is 5.91 Å². The zero-order valence-electron chi connectivity index (χ0n) is 9.81. The molecule has 6 heteroatoms. The van der Waals surface area contributed by atoms with Crippen molar-refractivity contribution < 1.29 is 20.1 Å². The Balaban J connectivity index is 4.40. The summed E-state index contributed by atoms with van der Waals surface area (Å²) in [6, 6.07) is -0.705. The van der Waals surface area contributed by atoms with Gasteiger partial charge in [-0.1, -0.05) is 13.8 Å². The molecule has 0 bridgehead atoms. The average Bonchev–Trinajstić information content (AvgIpc) is 2.25. The predicted molar refractivity (Wildman–Crippen MR) is 59.6 cm³/mol. The zero-order chi connectivity index (χ0) is 12.8. The summed E-state index contributed by atoms with van der Waals surface area (Å²) in [5.74, 6) is -0.210. The lowest BCUT2D eigenvalue weighted by molar-refractivity contribution is -0.127. The molecule has 0 fully saturated rings. The monoisotopic (exact) mass is 234 g/mol. The highest BCUT2D eigenvalue weighted by atomic mass is 16.3. The van der Waals surface area contributed by atoms with E-state index in [2.05, 4.69) is 5.32 Å². The van der Waals surface area contributed by atoms with E-state index in [-0.39, 0.29) is 5.92 Å². The van der Waals surface area contributed by atoms with Crippen LogP contribution in [0.25, 0.3) is 0 Å². The van der Waals surface area contributed by atoms with Gasteiger partial charge in [0.1, 0.15) is 5.54 Å². The maximum atomic E-state index is 11.6. The number of hydrogen-bond acceptors (Lipinski definition) is 5. The third-order valence-corrected chi connectivity index (χ3v) is 2.36. The summed E-state index contributed by atoms with van der Waals surface area (Å²) in [5, 5.41) is 29.4. The van der Waals surface area contributed by atoms with Crippen LogP contribution in [0.1, 0.15) is 20.3 Å². The third kappa shape index (κ3) is 4.44. The minimum atomic E-state index is -1.40. The molecule has 96 valence electrons. The molecule has 0 aromatic rings. The first-order valence-electron chi connectivity index (χ1n) is 5.31. The molecule has 0 aromatic heterocycles. The van der Waals surface area contributed by atoms with Gasteiger partial charge in [0, 0.05) is 0 Å². The third-order valence-electron chi connectivity index (χ3n) is 2.36. The van der Waals surface area contributed by atoms with Crippen molar-refractivity contribution in [1.82, 2.24) is 5.32 Å². The second-order valence-corrected chi connectivity index (χ2v) is 4.48. The molecule has 0 spiro atoms. The zero-order valence-corrected chi connectivity index (χ0v) is 9.81. The fourth-order valence-electron chi connectivity index (χ4n) is 1.24. The average molecular weight is 234 g/mol. The Kier molecular flexibility index (Phi) is 6.51. The summed E-state index contributed by atoms with van der Waals surface area (Å²) >= 11 is 0. The Morgan fingerprint density at radius 3 is 2.00 bits per heavy atom. The maximum absolute atomic E-state index is 11.6. The SMILES string of the molecule is CC(C)CC(N)C(=O)NC(CO)(CO)CO. The van der Waals surface area contributed by atoms with E-state index >= 15 is 0 Å². The van der Waals surface area contributed by atoms with E-state index in [9.17, 15) is 4.79 Å². The Morgan fingerprint density at radius 1 is 1.25 bits per heavy atom. The number of aliphatic hydroxyl groups excluding tert-OH is 3. The van der Waals surface area contributed by atoms with Crippen molar-refractivity contribution in [2.45, 2.75) is 31.8 Å². The van der Waals surface area contributed by atoms with Gasteiger partial charge in [0.2, 0.25) is 5.91 Å². The van der Waals surface area contributed by atoms with Gasteiger partial charge in [0.25, 0.3) is 0 Å². The number of carbonyl (C=O) groups is 1. The van der Waals surface area contributed by atoms with Gasteiger partial charge in [-0.2, -0.15) is 0 Å². The van der Waals surface area contributed by atoms with Crippen LogP contribution in [-0.4, -0.2) is 52.6 Å². The Bertz CT molecular complexity index is 209. The number of nitrogens with one attached hydrogen (secondary N) is 1. The molecule has 0 saturated carbocycles. The van der Waals surface area contributed by atoms with Crippen LogP contribution >= 0.6 is 0 Å². The summed E-state index contributed by atoms with van der Waals surface area (Å²) in [6.07, 6.45) is 0.504. The lowest BCUT2D eigenvalue weighted by Crippen LogP contribution is -2.60. The van der Waals surface area contributed by atoms with Crippen LogP contribution < -0.4 is 11.1 Å². The van der Waals surface area contributed by atoms with Crippen molar-refractivity contribution in [2.24, 2.45) is 11.7 Å². The summed E-state index contributed by atoms with van der Waals surface area (Å²) in [6.45, 7) is 2.25. The van der Waals surface area contributed by atoms with E-state index < -0.39 is 37.3 Å². The molecule has 0 radical (unpaired) electrons. The van der Waals surface area contributed by atoms with Gasteiger partial charge >= 0.3 is 0 Å². The van der Waals surface area contributed by atoms with Crippen LogP contribution in [0.3, 0.4) is 0 Å². The summed E-state index contributed by atoms with van der Waals surface area (Å²) in [5.41, 5.74) is 4.24. The van der Waals surface area contributed by atoms with Crippen LogP contribution in [0.15, 0.2) is 0 Å².